The van der Waals surface area contributed by atoms with Gasteiger partial charge in [-0.25, -0.2) is 4.39 Å². The highest BCUT2D eigenvalue weighted by molar-refractivity contribution is 5.79. The monoisotopic (exact) mass is 417 g/mol. The van der Waals surface area contributed by atoms with Crippen molar-refractivity contribution in [2.24, 2.45) is 5.92 Å². The van der Waals surface area contributed by atoms with Gasteiger partial charge in [0.25, 0.3) is 0 Å². The SMILES string of the molecule is O=C(Cc1ccccc1)N[C@@H](c1ccccn1)C1CCN(Cc2ccccc2F)CC1. The van der Waals surface area contributed by atoms with Crippen LogP contribution in [0.3, 0.4) is 0 Å². The number of nitrogens with zero attached hydrogens (tertiary/aromatic N) is 2. The summed E-state index contributed by atoms with van der Waals surface area (Å²) in [6, 6.07) is 22.5. The molecule has 4 nitrogen and oxygen atoms in total. The molecular formula is C26H28FN3O. The molecule has 31 heavy (non-hydrogen) atoms. The number of hydrogen-bond acceptors (Lipinski definition) is 3. The maximum absolute atomic E-state index is 14.0. The minimum atomic E-state index is -0.149. The molecule has 1 aromatic heterocycles. The Bertz CT molecular complexity index is 972. The standard InChI is InChI=1S/C26H28FN3O/c27-23-11-5-4-10-22(23)19-30-16-13-21(14-17-30)26(24-12-6-7-15-28-24)29-25(31)18-20-8-2-1-3-9-20/h1-12,15,21,26H,13-14,16-19H2,(H,29,31)/t26-/m1/s1. The molecule has 2 heterocycles. The molecule has 1 atom stereocenters. The Labute approximate surface area is 183 Å². The van der Waals surface area contributed by atoms with Gasteiger partial charge in [0, 0.05) is 18.3 Å². The first-order chi connectivity index (χ1) is 15.2. The highest BCUT2D eigenvalue weighted by Gasteiger charge is 2.30. The van der Waals surface area contributed by atoms with Crippen molar-refractivity contribution in [3.63, 3.8) is 0 Å². The summed E-state index contributed by atoms with van der Waals surface area (Å²) in [5, 5.41) is 3.25. The number of aromatic nitrogens is 1. The van der Waals surface area contributed by atoms with Crippen LogP contribution in [0.4, 0.5) is 4.39 Å². The number of carbonyl (C=O) groups excluding carboxylic acids is 1. The predicted molar refractivity (Wildman–Crippen MR) is 120 cm³/mol. The van der Waals surface area contributed by atoms with E-state index in [4.69, 9.17) is 0 Å². The van der Waals surface area contributed by atoms with Crippen LogP contribution < -0.4 is 5.32 Å². The smallest absolute Gasteiger partial charge is 0.224 e. The zero-order chi connectivity index (χ0) is 21.5. The molecule has 2 aromatic carbocycles. The third-order valence-corrected chi connectivity index (χ3v) is 5.99. The van der Waals surface area contributed by atoms with Crippen LogP contribution in [0.1, 0.15) is 35.7 Å². The summed E-state index contributed by atoms with van der Waals surface area (Å²) in [5.74, 6) is 0.159. The fourth-order valence-electron chi connectivity index (χ4n) is 4.31. The van der Waals surface area contributed by atoms with Gasteiger partial charge >= 0.3 is 0 Å². The van der Waals surface area contributed by atoms with Gasteiger partial charge in [-0.3, -0.25) is 14.7 Å². The molecule has 1 aliphatic heterocycles. The number of rotatable bonds is 7. The maximum Gasteiger partial charge on any atom is 0.224 e. The molecule has 0 spiro atoms. The van der Waals surface area contributed by atoms with Crippen molar-refractivity contribution >= 4 is 5.91 Å². The lowest BCUT2D eigenvalue weighted by atomic mass is 9.87. The van der Waals surface area contributed by atoms with Crippen LogP contribution in [0.2, 0.25) is 0 Å². The molecule has 1 aliphatic rings. The van der Waals surface area contributed by atoms with Crippen LogP contribution >= 0.6 is 0 Å². The van der Waals surface area contributed by atoms with Gasteiger partial charge in [0.15, 0.2) is 0 Å². The van der Waals surface area contributed by atoms with Crippen molar-refractivity contribution in [1.82, 2.24) is 15.2 Å². The van der Waals surface area contributed by atoms with E-state index in [1.165, 1.54) is 6.07 Å². The van der Waals surface area contributed by atoms with E-state index in [9.17, 15) is 9.18 Å². The van der Waals surface area contributed by atoms with Gasteiger partial charge in [0.2, 0.25) is 5.91 Å². The Morgan fingerprint density at radius 3 is 2.42 bits per heavy atom. The third kappa shape index (κ3) is 5.76. The molecule has 1 saturated heterocycles. The quantitative estimate of drug-likeness (QED) is 0.614. The fraction of sp³-hybridized carbons (Fsp3) is 0.308. The second-order valence-electron chi connectivity index (χ2n) is 8.17. The Kier molecular flexibility index (Phi) is 7.05. The van der Waals surface area contributed by atoms with E-state index in [0.29, 0.717) is 18.9 Å². The lowest BCUT2D eigenvalue weighted by Gasteiger charge is -2.36. The van der Waals surface area contributed by atoms with Gasteiger partial charge in [0.05, 0.1) is 18.2 Å². The van der Waals surface area contributed by atoms with E-state index in [0.717, 1.165) is 42.8 Å². The average molecular weight is 418 g/mol. The van der Waals surface area contributed by atoms with E-state index in [1.807, 2.05) is 60.7 Å². The number of likely N-dealkylation sites (tertiary alicyclic amines) is 1. The van der Waals surface area contributed by atoms with Crippen molar-refractivity contribution in [1.29, 1.82) is 0 Å². The molecule has 0 radical (unpaired) electrons. The Balaban J connectivity index is 1.40. The lowest BCUT2D eigenvalue weighted by Crippen LogP contribution is -2.41. The van der Waals surface area contributed by atoms with Crippen molar-refractivity contribution in [2.45, 2.75) is 31.8 Å². The molecule has 0 aliphatic carbocycles. The number of benzene rings is 2. The fourth-order valence-corrected chi connectivity index (χ4v) is 4.31. The molecule has 0 bridgehead atoms. The van der Waals surface area contributed by atoms with E-state index >= 15 is 0 Å². The summed E-state index contributed by atoms with van der Waals surface area (Å²) in [6.45, 7) is 2.36. The molecule has 0 unspecified atom stereocenters. The molecular weight excluding hydrogens is 389 g/mol. The van der Waals surface area contributed by atoms with E-state index in [2.05, 4.69) is 15.2 Å². The highest BCUT2D eigenvalue weighted by Crippen LogP contribution is 2.30. The second kappa shape index (κ2) is 10.3. The number of piperidine rings is 1. The number of amides is 1. The number of nitrogens with one attached hydrogen (secondary N) is 1. The van der Waals surface area contributed by atoms with Gasteiger partial charge < -0.3 is 5.32 Å². The molecule has 3 aromatic rings. The van der Waals surface area contributed by atoms with E-state index in [1.54, 1.807) is 12.3 Å². The van der Waals surface area contributed by atoms with E-state index < -0.39 is 0 Å². The average Bonchev–Trinajstić information content (AvgIpc) is 2.81. The number of hydrogen-bond donors (Lipinski definition) is 1. The summed E-state index contributed by atoms with van der Waals surface area (Å²) in [6.07, 6.45) is 4.00. The number of pyridine rings is 1. The van der Waals surface area contributed by atoms with Crippen molar-refractivity contribution in [3.05, 3.63) is 102 Å². The second-order valence-corrected chi connectivity index (χ2v) is 8.17. The van der Waals surface area contributed by atoms with Crippen molar-refractivity contribution in [3.8, 4) is 0 Å². The first-order valence-corrected chi connectivity index (χ1v) is 10.9. The minimum Gasteiger partial charge on any atom is -0.347 e. The van der Waals surface area contributed by atoms with Gasteiger partial charge in [0.1, 0.15) is 5.82 Å². The Morgan fingerprint density at radius 2 is 1.71 bits per heavy atom. The molecule has 5 heteroatoms. The number of carbonyl (C=O) groups is 1. The maximum atomic E-state index is 14.0. The van der Waals surface area contributed by atoms with Crippen molar-refractivity contribution in [2.75, 3.05) is 13.1 Å². The zero-order valence-electron chi connectivity index (χ0n) is 17.6. The first-order valence-electron chi connectivity index (χ1n) is 10.9. The number of halogens is 1. The Hall–Kier alpha value is -3.05. The van der Waals surface area contributed by atoms with Crippen LogP contribution in [0, 0.1) is 11.7 Å². The molecule has 160 valence electrons. The molecule has 1 N–H and O–H groups in total. The Morgan fingerprint density at radius 1 is 1.00 bits per heavy atom. The van der Waals surface area contributed by atoms with Gasteiger partial charge in [-0.15, -0.1) is 0 Å². The topological polar surface area (TPSA) is 45.2 Å². The van der Waals surface area contributed by atoms with Gasteiger partial charge in [-0.05, 0) is 55.6 Å². The predicted octanol–water partition coefficient (Wildman–Crippen LogP) is 4.53. The molecule has 4 rings (SSSR count). The third-order valence-electron chi connectivity index (χ3n) is 5.99. The van der Waals surface area contributed by atoms with Gasteiger partial charge in [-0.2, -0.15) is 0 Å². The van der Waals surface area contributed by atoms with Crippen LogP contribution in [0.15, 0.2) is 79.0 Å². The van der Waals surface area contributed by atoms with Crippen LogP contribution in [0.25, 0.3) is 0 Å². The summed E-state index contributed by atoms with van der Waals surface area (Å²) >= 11 is 0. The summed E-state index contributed by atoms with van der Waals surface area (Å²) in [5.41, 5.74) is 2.63. The molecule has 1 fully saturated rings. The summed E-state index contributed by atoms with van der Waals surface area (Å²) in [4.78, 5) is 19.6. The van der Waals surface area contributed by atoms with Crippen LogP contribution in [-0.4, -0.2) is 28.9 Å². The van der Waals surface area contributed by atoms with Crippen molar-refractivity contribution < 1.29 is 9.18 Å². The van der Waals surface area contributed by atoms with Crippen LogP contribution in [-0.2, 0) is 17.8 Å². The molecule has 1 amide bonds. The summed E-state index contributed by atoms with van der Waals surface area (Å²) in [7, 11) is 0. The normalized spacial score (nSPS) is 16.0. The van der Waals surface area contributed by atoms with Gasteiger partial charge in [-0.1, -0.05) is 54.6 Å². The summed E-state index contributed by atoms with van der Waals surface area (Å²) < 4.78 is 14.0. The first kappa shape index (κ1) is 21.2. The van der Waals surface area contributed by atoms with Crippen LogP contribution in [0.5, 0.6) is 0 Å². The highest BCUT2D eigenvalue weighted by atomic mass is 19.1. The molecule has 0 saturated carbocycles. The lowest BCUT2D eigenvalue weighted by molar-refractivity contribution is -0.121. The largest absolute Gasteiger partial charge is 0.347 e. The zero-order valence-corrected chi connectivity index (χ0v) is 17.6. The van der Waals surface area contributed by atoms with E-state index in [-0.39, 0.29) is 17.8 Å². The minimum absolute atomic E-state index is 0.00985.